The van der Waals surface area contributed by atoms with Gasteiger partial charge in [0.25, 0.3) is 0 Å². The van der Waals surface area contributed by atoms with Gasteiger partial charge in [-0.25, -0.2) is 0 Å². The van der Waals surface area contributed by atoms with Gasteiger partial charge in [-0.1, -0.05) is 11.6 Å². The fraction of sp³-hybridized carbons (Fsp3) is 0.250. The highest BCUT2D eigenvalue weighted by molar-refractivity contribution is 5.80. The van der Waals surface area contributed by atoms with Crippen LogP contribution < -0.4 is 0 Å². The molecule has 78 valence electrons. The summed E-state index contributed by atoms with van der Waals surface area (Å²) in [5.41, 5.74) is 2.25. The molecule has 0 bridgehead atoms. The lowest BCUT2D eigenvalue weighted by molar-refractivity contribution is -0.115. The predicted molar refractivity (Wildman–Crippen MR) is 58.7 cm³/mol. The van der Waals surface area contributed by atoms with Crippen molar-refractivity contribution in [2.45, 2.75) is 19.6 Å². The van der Waals surface area contributed by atoms with Gasteiger partial charge in [-0.15, -0.1) is 0 Å². The van der Waals surface area contributed by atoms with E-state index in [1.165, 1.54) is 5.56 Å². The van der Waals surface area contributed by atoms with Crippen LogP contribution >= 0.6 is 0 Å². The molecule has 0 aliphatic heterocycles. The third kappa shape index (κ3) is 1.92. The number of hydrogen-bond donors (Lipinski definition) is 1. The third-order valence-corrected chi connectivity index (χ3v) is 2.47. The molecule has 1 aromatic carbocycles. The van der Waals surface area contributed by atoms with Crippen molar-refractivity contribution < 1.29 is 9.90 Å². The molecule has 2 aromatic rings. The summed E-state index contributed by atoms with van der Waals surface area (Å²) in [5, 5.41) is 10.4. The molecule has 0 radical (unpaired) electrons. The fourth-order valence-electron chi connectivity index (χ4n) is 1.72. The summed E-state index contributed by atoms with van der Waals surface area (Å²) in [6.45, 7) is 2.35. The van der Waals surface area contributed by atoms with E-state index < -0.39 is 6.10 Å². The van der Waals surface area contributed by atoms with Gasteiger partial charge in [0, 0.05) is 11.7 Å². The van der Waals surface area contributed by atoms with E-state index in [0.717, 1.165) is 10.9 Å². The largest absolute Gasteiger partial charge is 0.384 e. The summed E-state index contributed by atoms with van der Waals surface area (Å²) in [6, 6.07) is 8.09. The maximum absolute atomic E-state index is 10.4. The molecular formula is C12H13NO2. The number of rotatable bonds is 3. The van der Waals surface area contributed by atoms with Gasteiger partial charge in [-0.2, -0.15) is 0 Å². The normalized spacial score (nSPS) is 12.9. The first-order valence-electron chi connectivity index (χ1n) is 4.89. The molecule has 0 aliphatic rings. The zero-order chi connectivity index (χ0) is 10.8. The predicted octanol–water partition coefficient (Wildman–Crippen LogP) is 1.51. The number of hydrogen-bond acceptors (Lipinski definition) is 2. The molecule has 0 saturated heterocycles. The van der Waals surface area contributed by atoms with E-state index in [1.54, 1.807) is 0 Å². The van der Waals surface area contributed by atoms with Crippen molar-refractivity contribution in [1.29, 1.82) is 0 Å². The quantitative estimate of drug-likeness (QED) is 0.768. The average molecular weight is 203 g/mol. The molecule has 2 rings (SSSR count). The SMILES string of the molecule is Cc1ccc2c(ccn2CC(O)C=O)c1. The minimum Gasteiger partial charge on any atom is -0.384 e. The number of fused-ring (bicyclic) bond motifs is 1. The first kappa shape index (κ1) is 9.93. The summed E-state index contributed by atoms with van der Waals surface area (Å²) in [7, 11) is 0. The molecule has 1 unspecified atom stereocenters. The van der Waals surface area contributed by atoms with E-state index in [9.17, 15) is 9.90 Å². The summed E-state index contributed by atoms with van der Waals surface area (Å²) >= 11 is 0. The lowest BCUT2D eigenvalue weighted by atomic mass is 10.2. The minimum absolute atomic E-state index is 0.316. The lowest BCUT2D eigenvalue weighted by Gasteiger charge is -2.06. The Morgan fingerprint density at radius 2 is 2.27 bits per heavy atom. The average Bonchev–Trinajstić information content (AvgIpc) is 2.60. The molecule has 0 fully saturated rings. The van der Waals surface area contributed by atoms with E-state index in [4.69, 9.17) is 0 Å². The van der Waals surface area contributed by atoms with E-state index in [2.05, 4.69) is 6.07 Å². The highest BCUT2D eigenvalue weighted by atomic mass is 16.3. The summed E-state index contributed by atoms with van der Waals surface area (Å²) < 4.78 is 1.88. The van der Waals surface area contributed by atoms with Gasteiger partial charge < -0.3 is 14.5 Å². The maximum Gasteiger partial charge on any atom is 0.150 e. The fourth-order valence-corrected chi connectivity index (χ4v) is 1.72. The Kier molecular flexibility index (Phi) is 2.56. The van der Waals surface area contributed by atoms with Gasteiger partial charge in [0.15, 0.2) is 0 Å². The Hall–Kier alpha value is -1.61. The second-order valence-corrected chi connectivity index (χ2v) is 3.73. The van der Waals surface area contributed by atoms with Crippen molar-refractivity contribution in [1.82, 2.24) is 4.57 Å². The molecule has 0 spiro atoms. The minimum atomic E-state index is -0.929. The van der Waals surface area contributed by atoms with Gasteiger partial charge in [0.1, 0.15) is 12.4 Å². The van der Waals surface area contributed by atoms with Crippen LogP contribution in [0.3, 0.4) is 0 Å². The highest BCUT2D eigenvalue weighted by Gasteiger charge is 2.05. The van der Waals surface area contributed by atoms with Crippen LogP contribution in [0, 0.1) is 6.92 Å². The molecule has 1 aromatic heterocycles. The number of aliphatic hydroxyl groups is 1. The van der Waals surface area contributed by atoms with Crippen molar-refractivity contribution in [3.63, 3.8) is 0 Å². The number of carbonyl (C=O) groups excluding carboxylic acids is 1. The first-order valence-corrected chi connectivity index (χ1v) is 4.89. The molecular weight excluding hydrogens is 190 g/mol. The summed E-state index contributed by atoms with van der Waals surface area (Å²) in [4.78, 5) is 10.4. The molecule has 0 amide bonds. The van der Waals surface area contributed by atoms with E-state index in [-0.39, 0.29) is 0 Å². The Balaban J connectivity index is 2.40. The Morgan fingerprint density at radius 1 is 1.47 bits per heavy atom. The zero-order valence-corrected chi connectivity index (χ0v) is 8.55. The Labute approximate surface area is 87.9 Å². The Bertz CT molecular complexity index is 487. The number of aryl methyl sites for hydroxylation is 1. The van der Waals surface area contributed by atoms with Crippen LogP contribution in [0.2, 0.25) is 0 Å². The standard InChI is InChI=1S/C12H13NO2/c1-9-2-3-12-10(6-9)4-5-13(12)7-11(15)8-14/h2-6,8,11,15H,7H2,1H3. The maximum atomic E-state index is 10.4. The zero-order valence-electron chi connectivity index (χ0n) is 8.55. The van der Waals surface area contributed by atoms with E-state index in [0.29, 0.717) is 12.8 Å². The summed E-state index contributed by atoms with van der Waals surface area (Å²) in [5.74, 6) is 0. The number of nitrogens with zero attached hydrogens (tertiary/aromatic N) is 1. The monoisotopic (exact) mass is 203 g/mol. The number of carbonyl (C=O) groups is 1. The van der Waals surface area contributed by atoms with Crippen LogP contribution in [0.15, 0.2) is 30.5 Å². The van der Waals surface area contributed by atoms with Crippen molar-refractivity contribution in [3.8, 4) is 0 Å². The van der Waals surface area contributed by atoms with Gasteiger partial charge in [0.05, 0.1) is 6.54 Å². The van der Waals surface area contributed by atoms with Crippen LogP contribution in [0.1, 0.15) is 5.56 Å². The molecule has 3 heteroatoms. The van der Waals surface area contributed by atoms with Crippen molar-refractivity contribution in [2.75, 3.05) is 0 Å². The molecule has 0 saturated carbocycles. The molecule has 3 nitrogen and oxygen atoms in total. The van der Waals surface area contributed by atoms with E-state index in [1.807, 2.05) is 35.9 Å². The van der Waals surface area contributed by atoms with E-state index >= 15 is 0 Å². The molecule has 1 atom stereocenters. The number of aliphatic hydroxyl groups excluding tert-OH is 1. The molecule has 1 heterocycles. The first-order chi connectivity index (χ1) is 7.20. The van der Waals surface area contributed by atoms with Crippen LogP contribution in [0.4, 0.5) is 0 Å². The van der Waals surface area contributed by atoms with Gasteiger partial charge in [-0.3, -0.25) is 0 Å². The molecule has 0 aliphatic carbocycles. The van der Waals surface area contributed by atoms with Crippen LogP contribution in [0.5, 0.6) is 0 Å². The summed E-state index contributed by atoms with van der Waals surface area (Å²) in [6.07, 6.45) is 1.51. The van der Waals surface area contributed by atoms with Crippen molar-refractivity contribution >= 4 is 17.2 Å². The topological polar surface area (TPSA) is 42.2 Å². The van der Waals surface area contributed by atoms with Gasteiger partial charge in [0.2, 0.25) is 0 Å². The number of aldehydes is 1. The third-order valence-electron chi connectivity index (χ3n) is 2.47. The smallest absolute Gasteiger partial charge is 0.150 e. The second kappa shape index (κ2) is 3.87. The van der Waals surface area contributed by atoms with Crippen molar-refractivity contribution in [3.05, 3.63) is 36.0 Å². The lowest BCUT2D eigenvalue weighted by Crippen LogP contribution is -2.16. The number of aromatic nitrogens is 1. The second-order valence-electron chi connectivity index (χ2n) is 3.73. The van der Waals surface area contributed by atoms with Crippen LogP contribution in [-0.2, 0) is 11.3 Å². The van der Waals surface area contributed by atoms with Gasteiger partial charge >= 0.3 is 0 Å². The van der Waals surface area contributed by atoms with Crippen LogP contribution in [0.25, 0.3) is 10.9 Å². The molecule has 1 N–H and O–H groups in total. The molecule has 15 heavy (non-hydrogen) atoms. The van der Waals surface area contributed by atoms with Crippen molar-refractivity contribution in [2.24, 2.45) is 0 Å². The Morgan fingerprint density at radius 3 is 3.00 bits per heavy atom. The van der Waals surface area contributed by atoms with Gasteiger partial charge in [-0.05, 0) is 30.5 Å². The van der Waals surface area contributed by atoms with Crippen LogP contribution in [-0.4, -0.2) is 22.1 Å². The number of benzene rings is 1. The highest BCUT2D eigenvalue weighted by Crippen LogP contribution is 2.17.